The number of rotatable bonds is 0. The van der Waals surface area contributed by atoms with Gasteiger partial charge in [-0.15, -0.1) is 0 Å². The van der Waals surface area contributed by atoms with Crippen LogP contribution in [0.1, 0.15) is 5.69 Å². The molecule has 0 bridgehead atoms. The standard InChI is InChI=1S/C3H3N4.V/c1-3-2-4-6-7-5-3;/h1H3;/q-1;+2. The van der Waals surface area contributed by atoms with Crippen LogP contribution in [0.2, 0.25) is 0 Å². The quantitative estimate of drug-likeness (QED) is 0.457. The van der Waals surface area contributed by atoms with Gasteiger partial charge in [-0.25, -0.2) is 0 Å². The first-order chi connectivity index (χ1) is 3.39. The van der Waals surface area contributed by atoms with Crippen LogP contribution in [0.3, 0.4) is 0 Å². The summed E-state index contributed by atoms with van der Waals surface area (Å²) in [5.41, 5.74) is 0.662. The van der Waals surface area contributed by atoms with E-state index in [1.165, 1.54) is 0 Å². The second-order valence-corrected chi connectivity index (χ2v) is 1.08. The third kappa shape index (κ3) is 2.00. The molecule has 0 spiro atoms. The molecule has 0 N–H and O–H groups in total. The first-order valence-corrected chi connectivity index (χ1v) is 1.80. The maximum absolute atomic E-state index is 3.50. The topological polar surface area (TPSA) is 51.6 Å². The van der Waals surface area contributed by atoms with Gasteiger partial charge in [0.15, 0.2) is 0 Å². The molecule has 0 atom stereocenters. The van der Waals surface area contributed by atoms with E-state index in [-0.39, 0.29) is 18.6 Å². The number of nitrogens with zero attached hydrogens (tertiary/aromatic N) is 4. The van der Waals surface area contributed by atoms with Crippen molar-refractivity contribution < 1.29 is 18.6 Å². The summed E-state index contributed by atoms with van der Waals surface area (Å²) >= 11 is 0. The van der Waals surface area contributed by atoms with Crippen molar-refractivity contribution in [3.05, 3.63) is 11.9 Å². The zero-order chi connectivity index (χ0) is 5.11. The Morgan fingerprint density at radius 2 is 2.12 bits per heavy atom. The summed E-state index contributed by atoms with van der Waals surface area (Å²) in [5, 5.41) is 13.3. The maximum atomic E-state index is 3.50. The number of hydrogen-bond acceptors (Lipinski definition) is 4. The molecular weight excluding hydrogens is 143 g/mol. The minimum atomic E-state index is 0. The molecule has 8 heavy (non-hydrogen) atoms. The first-order valence-electron chi connectivity index (χ1n) is 1.80. The van der Waals surface area contributed by atoms with E-state index >= 15 is 0 Å². The van der Waals surface area contributed by atoms with Crippen LogP contribution in [0.25, 0.3) is 0 Å². The van der Waals surface area contributed by atoms with Crippen LogP contribution < -0.4 is 0 Å². The van der Waals surface area contributed by atoms with E-state index < -0.39 is 0 Å². The molecule has 0 aliphatic heterocycles. The van der Waals surface area contributed by atoms with Gasteiger partial charge in [0.1, 0.15) is 0 Å². The summed E-state index contributed by atoms with van der Waals surface area (Å²) in [6, 6.07) is 0. The zero-order valence-corrected chi connectivity index (χ0v) is 5.63. The van der Waals surface area contributed by atoms with Crippen molar-refractivity contribution in [2.24, 2.45) is 0 Å². The molecule has 0 saturated carbocycles. The SMILES string of the molecule is Cc1[c-]nnnn1.[V+2]. The van der Waals surface area contributed by atoms with E-state index in [2.05, 4.69) is 26.8 Å². The van der Waals surface area contributed by atoms with E-state index in [1.807, 2.05) is 0 Å². The van der Waals surface area contributed by atoms with Crippen LogP contribution >= 0.6 is 0 Å². The Morgan fingerprint density at radius 1 is 1.38 bits per heavy atom. The van der Waals surface area contributed by atoms with Crippen molar-refractivity contribution in [3.63, 3.8) is 0 Å². The molecule has 1 heterocycles. The van der Waals surface area contributed by atoms with Gasteiger partial charge >= 0.3 is 18.6 Å². The molecule has 0 saturated heterocycles. The van der Waals surface area contributed by atoms with E-state index in [0.29, 0.717) is 5.69 Å². The molecule has 4 nitrogen and oxygen atoms in total. The van der Waals surface area contributed by atoms with Crippen molar-refractivity contribution >= 4 is 0 Å². The molecule has 1 aromatic heterocycles. The van der Waals surface area contributed by atoms with Crippen molar-refractivity contribution in [2.75, 3.05) is 0 Å². The second kappa shape index (κ2) is 3.52. The number of aryl methyl sites for hydroxylation is 1. The predicted octanol–water partition coefficient (Wildman–Crippen LogP) is -0.627. The molecule has 0 unspecified atom stereocenters. The van der Waals surface area contributed by atoms with Crippen LogP contribution in [0.15, 0.2) is 0 Å². The largest absolute Gasteiger partial charge is 2.00 e. The Labute approximate surface area is 58.6 Å². The molecule has 0 aromatic carbocycles. The zero-order valence-electron chi connectivity index (χ0n) is 4.24. The van der Waals surface area contributed by atoms with Crippen LogP contribution in [0.5, 0.6) is 0 Å². The Balaban J connectivity index is 0.000000490. The summed E-state index contributed by atoms with van der Waals surface area (Å²) in [6.07, 6.45) is 2.50. The fraction of sp³-hybridized carbons (Fsp3) is 0.333. The third-order valence-corrected chi connectivity index (χ3v) is 0.491. The van der Waals surface area contributed by atoms with Gasteiger partial charge in [0.25, 0.3) is 0 Å². The average Bonchev–Trinajstić information content (AvgIpc) is 1.69. The third-order valence-electron chi connectivity index (χ3n) is 0.491. The average molecular weight is 146 g/mol. The monoisotopic (exact) mass is 146 g/mol. The molecule has 0 aliphatic rings. The second-order valence-electron chi connectivity index (χ2n) is 1.08. The van der Waals surface area contributed by atoms with Crippen molar-refractivity contribution in [2.45, 2.75) is 6.92 Å². The van der Waals surface area contributed by atoms with Crippen LogP contribution in [0.4, 0.5) is 0 Å². The van der Waals surface area contributed by atoms with E-state index in [0.717, 1.165) is 0 Å². The molecule has 1 radical (unpaired) electrons. The molecule has 1 rings (SSSR count). The van der Waals surface area contributed by atoms with Gasteiger partial charge < -0.3 is 11.3 Å². The van der Waals surface area contributed by atoms with Crippen LogP contribution in [-0.4, -0.2) is 20.6 Å². The van der Waals surface area contributed by atoms with Gasteiger partial charge in [0.05, 0.1) is 0 Å². The normalized spacial score (nSPS) is 7.62. The van der Waals surface area contributed by atoms with Crippen molar-refractivity contribution in [3.8, 4) is 0 Å². The summed E-state index contributed by atoms with van der Waals surface area (Å²) in [4.78, 5) is 0. The molecule has 39 valence electrons. The van der Waals surface area contributed by atoms with Crippen molar-refractivity contribution in [1.29, 1.82) is 0 Å². The van der Waals surface area contributed by atoms with Gasteiger partial charge in [-0.1, -0.05) is 17.8 Å². The molecule has 0 fully saturated rings. The molecule has 5 heteroatoms. The number of hydrogen-bond donors (Lipinski definition) is 0. The Bertz CT molecular complexity index is 141. The molecule has 0 aliphatic carbocycles. The summed E-state index contributed by atoms with van der Waals surface area (Å²) < 4.78 is 0. The Kier molecular flexibility index (Phi) is 3.31. The van der Waals surface area contributed by atoms with E-state index in [1.54, 1.807) is 6.92 Å². The molecular formula is C3H3N4V+. The molecule has 0 amide bonds. The minimum absolute atomic E-state index is 0. The van der Waals surface area contributed by atoms with E-state index in [4.69, 9.17) is 0 Å². The smallest absolute Gasteiger partial charge is 0.348 e. The Hall–Kier alpha value is -0.476. The van der Waals surface area contributed by atoms with Gasteiger partial charge in [-0.2, -0.15) is 5.10 Å². The van der Waals surface area contributed by atoms with Crippen LogP contribution in [-0.2, 0) is 18.6 Å². The number of aromatic nitrogens is 4. The van der Waals surface area contributed by atoms with E-state index in [9.17, 15) is 0 Å². The fourth-order valence-electron chi connectivity index (χ4n) is 0.224. The van der Waals surface area contributed by atoms with Crippen molar-refractivity contribution in [1.82, 2.24) is 20.6 Å². The summed E-state index contributed by atoms with van der Waals surface area (Å²) in [6.45, 7) is 1.75. The Morgan fingerprint density at radius 3 is 2.38 bits per heavy atom. The summed E-state index contributed by atoms with van der Waals surface area (Å²) in [7, 11) is 0. The minimum Gasteiger partial charge on any atom is -0.348 e. The fourth-order valence-corrected chi connectivity index (χ4v) is 0.224. The van der Waals surface area contributed by atoms with Gasteiger partial charge in [0.2, 0.25) is 0 Å². The first kappa shape index (κ1) is 7.52. The van der Waals surface area contributed by atoms with Crippen LogP contribution in [0, 0.1) is 13.1 Å². The van der Waals surface area contributed by atoms with Gasteiger partial charge in [0, 0.05) is 0 Å². The van der Waals surface area contributed by atoms with Gasteiger partial charge in [-0.05, 0) is 5.21 Å². The maximum Gasteiger partial charge on any atom is 2.00 e. The predicted molar refractivity (Wildman–Crippen MR) is 21.2 cm³/mol. The summed E-state index contributed by atoms with van der Waals surface area (Å²) in [5.74, 6) is 0. The molecule has 1 aromatic rings. The van der Waals surface area contributed by atoms with Gasteiger partial charge in [-0.3, -0.25) is 0 Å².